The molecule has 0 aromatic carbocycles. The Morgan fingerprint density at radius 1 is 1.40 bits per heavy atom. The van der Waals surface area contributed by atoms with E-state index in [1.54, 1.807) is 0 Å². The third-order valence-electron chi connectivity index (χ3n) is 0. The molecule has 0 aliphatic rings. The number of rotatable bonds is 0. The second-order valence-electron chi connectivity index (χ2n) is 0.0833. The molecule has 0 saturated carbocycles. The van der Waals surface area contributed by atoms with Crippen LogP contribution in [0.25, 0.3) is 0 Å². The van der Waals surface area contributed by atoms with E-state index in [2.05, 4.69) is 10.1 Å². The molecule has 0 spiro atoms. The van der Waals surface area contributed by atoms with E-state index in [1.165, 1.54) is 0 Å². The molecule has 24 valence electrons. The molecule has 0 saturated heterocycles. The molecule has 2 nitrogen and oxygen atoms in total. The van der Waals surface area contributed by atoms with Gasteiger partial charge in [0.2, 0.25) is 0 Å². The summed E-state index contributed by atoms with van der Waals surface area (Å²) in [6.45, 7) is 0. The van der Waals surface area contributed by atoms with Gasteiger partial charge in [0, 0.05) is 0 Å². The zero-order chi connectivity index (χ0) is 4.71. The van der Waals surface area contributed by atoms with E-state index >= 15 is 0 Å². The van der Waals surface area contributed by atoms with Gasteiger partial charge in [0.15, 0.2) is 0 Å². The van der Waals surface area contributed by atoms with Gasteiger partial charge in [-0.1, -0.05) is 0 Å². The van der Waals surface area contributed by atoms with Gasteiger partial charge in [0.1, 0.15) is 0 Å². The molecule has 0 aromatic rings. The third kappa shape index (κ3) is 38.4. The second kappa shape index (κ2) is 19.2. The molecular weight excluding hydrogens is 177 g/mol. The Balaban J connectivity index is 0. The van der Waals surface area contributed by atoms with Crippen molar-refractivity contribution in [1.29, 1.82) is 0 Å². The summed E-state index contributed by atoms with van der Waals surface area (Å²) in [6.07, 6.45) is 0. The minimum atomic E-state index is -2.00. The Morgan fingerprint density at radius 3 is 1.40 bits per heavy atom. The van der Waals surface area contributed by atoms with E-state index in [0.717, 1.165) is 16.6 Å². The number of hydrogen-bond acceptors (Lipinski definition) is 3. The summed E-state index contributed by atoms with van der Waals surface area (Å²) < 4.78 is 17.0. The predicted molar refractivity (Wildman–Crippen MR) is 8.96 cm³/mol. The molecule has 0 rings (SSSR count). The Morgan fingerprint density at radius 2 is 1.40 bits per heavy atom. The first-order valence-electron chi connectivity index (χ1n) is 0.697. The fourth-order valence-corrected chi connectivity index (χ4v) is 0. The van der Waals surface area contributed by atoms with Crippen molar-refractivity contribution in [2.24, 2.45) is 0 Å². The monoisotopic (exact) mass is 176 g/mol. The van der Waals surface area contributed by atoms with Crippen LogP contribution in [0, 0.1) is 0 Å². The van der Waals surface area contributed by atoms with Gasteiger partial charge in [-0.05, 0) is 0 Å². The second-order valence-corrected chi connectivity index (χ2v) is 0.344. The molecule has 0 bridgehead atoms. The van der Waals surface area contributed by atoms with Crippen LogP contribution in [0.4, 0.5) is 0 Å². The third-order valence-corrected chi connectivity index (χ3v) is 0. The molecule has 0 aromatic heterocycles. The minimum absolute atomic E-state index is 0.958. The summed E-state index contributed by atoms with van der Waals surface area (Å²) in [5.74, 6) is 0. The average Bonchev–Trinajstić information content (AvgIpc) is 1.46. The van der Waals surface area contributed by atoms with E-state index in [4.69, 9.17) is 6.65 Å². The van der Waals surface area contributed by atoms with Gasteiger partial charge in [-0.3, -0.25) is 0 Å². The fourth-order valence-electron chi connectivity index (χ4n) is 0. The first-order chi connectivity index (χ1) is 2.41. The van der Waals surface area contributed by atoms with E-state index < -0.39 is 19.1 Å². The Hall–Kier alpha value is 1.16. The average molecular weight is 177 g/mol. The van der Waals surface area contributed by atoms with Gasteiger partial charge in [-0.2, -0.15) is 0 Å². The van der Waals surface area contributed by atoms with Gasteiger partial charge in [-0.25, -0.2) is 0 Å². The van der Waals surface area contributed by atoms with E-state index in [9.17, 15) is 0 Å². The zero-order valence-electron chi connectivity index (χ0n) is 2.43. The number of hydrogen-bond donors (Lipinski definition) is 0. The standard InChI is InChI=1S/2O.S.Ti.Zn. The summed E-state index contributed by atoms with van der Waals surface area (Å²) >= 11 is -1.04. The molecule has 0 unspecified atom stereocenters. The van der Waals surface area contributed by atoms with Crippen molar-refractivity contribution in [3.63, 3.8) is 0 Å². The van der Waals surface area contributed by atoms with Crippen LogP contribution in [-0.4, -0.2) is 0 Å². The predicted octanol–water partition coefficient (Wildman–Crippen LogP) is 0.406. The fraction of sp³-hybridized carbons (Fsp3) is 0. The molecule has 5 heavy (non-hydrogen) atoms. The molecule has 0 aliphatic heterocycles. The van der Waals surface area contributed by atoms with E-state index in [1.807, 2.05) is 0 Å². The molecule has 0 atom stereocenters. The molecule has 0 amide bonds. The Bertz CT molecular complexity index is 38.9. The maximum absolute atomic E-state index is 8.50. The van der Waals surface area contributed by atoms with Gasteiger partial charge in [0.25, 0.3) is 0 Å². The van der Waals surface area contributed by atoms with Crippen LogP contribution in [-0.2, 0) is 42.3 Å². The van der Waals surface area contributed by atoms with Crippen LogP contribution < -0.4 is 0 Å². The molecule has 0 aliphatic carbocycles. The zero-order valence-corrected chi connectivity index (χ0v) is 7.78. The van der Waals surface area contributed by atoms with Crippen LogP contribution in [0.15, 0.2) is 0 Å². The molecule has 0 N–H and O–H groups in total. The normalized spacial score (nSPS) is 2.80. The van der Waals surface area contributed by atoms with Crippen molar-refractivity contribution in [3.8, 4) is 0 Å². The van der Waals surface area contributed by atoms with E-state index in [-0.39, 0.29) is 0 Å². The van der Waals surface area contributed by atoms with Crippen LogP contribution in [0.5, 0.6) is 0 Å². The molecule has 0 radical (unpaired) electrons. The van der Waals surface area contributed by atoms with Crippen molar-refractivity contribution in [1.82, 2.24) is 0 Å². The van der Waals surface area contributed by atoms with Crippen LogP contribution in [0.3, 0.4) is 0 Å². The topological polar surface area (TPSA) is 34.1 Å². The summed E-state index contributed by atoms with van der Waals surface area (Å²) in [7, 11) is 4.21. The molecule has 0 heterocycles. The van der Waals surface area contributed by atoms with Crippen LogP contribution in [0.1, 0.15) is 0 Å². The van der Waals surface area contributed by atoms with Gasteiger partial charge < -0.3 is 0 Å². The maximum atomic E-state index is 8.50. The first-order valence-corrected chi connectivity index (χ1v) is 6.18. The molecule has 5 heteroatoms. The van der Waals surface area contributed by atoms with Crippen LogP contribution in [0.2, 0.25) is 0 Å². The van der Waals surface area contributed by atoms with Gasteiger partial charge in [-0.15, -0.1) is 0 Å². The molecular formula is O2STiZn. The summed E-state index contributed by atoms with van der Waals surface area (Å²) in [5.41, 5.74) is 0. The van der Waals surface area contributed by atoms with E-state index in [0.29, 0.717) is 0 Å². The summed E-state index contributed by atoms with van der Waals surface area (Å²) in [6, 6.07) is 0. The Kier molecular flexibility index (Phi) is 36.3. The SMILES string of the molecule is [O]=[Ti]=[O].[S]=[Zn]. The van der Waals surface area contributed by atoms with Crippen molar-refractivity contribution in [2.75, 3.05) is 0 Å². The van der Waals surface area contributed by atoms with Gasteiger partial charge in [0.05, 0.1) is 0 Å². The van der Waals surface area contributed by atoms with Crippen molar-refractivity contribution < 1.29 is 42.3 Å². The van der Waals surface area contributed by atoms with Crippen molar-refractivity contribution in [3.05, 3.63) is 0 Å². The van der Waals surface area contributed by atoms with Crippen LogP contribution >= 0.6 is 10.1 Å². The van der Waals surface area contributed by atoms with Crippen molar-refractivity contribution >= 4 is 10.1 Å². The first kappa shape index (κ1) is 9.48. The van der Waals surface area contributed by atoms with Gasteiger partial charge >= 0.3 is 52.4 Å². The summed E-state index contributed by atoms with van der Waals surface area (Å²) in [5, 5.41) is 0. The quantitative estimate of drug-likeness (QED) is 0.502. The Labute approximate surface area is 52.2 Å². The molecule has 0 fully saturated rings. The van der Waals surface area contributed by atoms with Crippen molar-refractivity contribution in [2.45, 2.75) is 0 Å². The summed E-state index contributed by atoms with van der Waals surface area (Å²) in [4.78, 5) is 0.